The van der Waals surface area contributed by atoms with E-state index in [1.54, 1.807) is 0 Å². The van der Waals surface area contributed by atoms with Crippen LogP contribution in [0.3, 0.4) is 0 Å². The summed E-state index contributed by atoms with van der Waals surface area (Å²) < 4.78 is 5.38. The van der Waals surface area contributed by atoms with E-state index in [2.05, 4.69) is 34.1 Å². The molecule has 2 aliphatic rings. The fourth-order valence-corrected chi connectivity index (χ4v) is 2.78. The average molecular weight is 259 g/mol. The molecule has 0 amide bonds. The zero-order valence-electron chi connectivity index (χ0n) is 11.3. The van der Waals surface area contributed by atoms with Crippen LogP contribution in [0.15, 0.2) is 24.3 Å². The molecule has 0 unspecified atom stereocenters. The molecular weight excluding hydrogens is 238 g/mol. The molecule has 0 radical (unpaired) electrons. The Balaban J connectivity index is 1.72. The normalized spacial score (nSPS) is 20.7. The lowest BCUT2D eigenvalue weighted by molar-refractivity contribution is 0.122. The van der Waals surface area contributed by atoms with Crippen molar-refractivity contribution in [3.8, 4) is 0 Å². The average Bonchev–Trinajstić information content (AvgIpc) is 2.49. The Hall–Kier alpha value is -1.55. The van der Waals surface area contributed by atoms with E-state index in [-0.39, 0.29) is 0 Å². The third-order valence-electron chi connectivity index (χ3n) is 3.91. The molecule has 2 heterocycles. The number of hydrogen-bond acceptors (Lipinski definition) is 3. The zero-order chi connectivity index (χ0) is 13.1. The first-order valence-corrected chi connectivity index (χ1v) is 7.12. The highest BCUT2D eigenvalue weighted by Gasteiger charge is 2.17. The number of piperidine rings is 1. The Morgan fingerprint density at radius 2 is 1.58 bits per heavy atom. The van der Waals surface area contributed by atoms with Crippen molar-refractivity contribution >= 4 is 17.2 Å². The lowest BCUT2D eigenvalue weighted by Gasteiger charge is -2.31. The van der Waals surface area contributed by atoms with Gasteiger partial charge in [-0.15, -0.1) is 0 Å². The highest BCUT2D eigenvalue weighted by atomic mass is 16.5. The van der Waals surface area contributed by atoms with E-state index < -0.39 is 0 Å². The van der Waals surface area contributed by atoms with E-state index in [1.165, 1.54) is 12.1 Å². The van der Waals surface area contributed by atoms with Gasteiger partial charge < -0.3 is 14.5 Å². The van der Waals surface area contributed by atoms with Crippen molar-refractivity contribution in [3.63, 3.8) is 0 Å². The van der Waals surface area contributed by atoms with Gasteiger partial charge in [0.2, 0.25) is 0 Å². The molecule has 4 nitrogen and oxygen atoms in total. The second kappa shape index (κ2) is 5.61. The van der Waals surface area contributed by atoms with Crippen LogP contribution >= 0.6 is 0 Å². The summed E-state index contributed by atoms with van der Waals surface area (Å²) in [7, 11) is 0. The highest BCUT2D eigenvalue weighted by molar-refractivity contribution is 5.96. The summed E-state index contributed by atoms with van der Waals surface area (Å²) in [6, 6.07) is 8.63. The van der Waals surface area contributed by atoms with Gasteiger partial charge in [0.15, 0.2) is 0 Å². The Kier molecular flexibility index (Phi) is 3.69. The van der Waals surface area contributed by atoms with Crippen LogP contribution < -0.4 is 9.80 Å². The third-order valence-corrected chi connectivity index (χ3v) is 3.91. The number of morpholine rings is 1. The van der Waals surface area contributed by atoms with E-state index in [4.69, 9.17) is 10.1 Å². The summed E-state index contributed by atoms with van der Waals surface area (Å²) in [6.07, 6.45) is 3.25. The van der Waals surface area contributed by atoms with Crippen molar-refractivity contribution in [3.05, 3.63) is 24.3 Å². The van der Waals surface area contributed by atoms with Crippen LogP contribution in [0.4, 0.5) is 11.4 Å². The molecule has 0 atom stereocenters. The van der Waals surface area contributed by atoms with Gasteiger partial charge in [0.05, 0.1) is 13.2 Å². The van der Waals surface area contributed by atoms with Gasteiger partial charge >= 0.3 is 0 Å². The van der Waals surface area contributed by atoms with Crippen molar-refractivity contribution in [2.75, 3.05) is 42.6 Å². The fraction of sp³-hybridized carbons (Fsp3) is 0.533. The molecule has 2 aliphatic heterocycles. The Bertz CT molecular complexity index is 437. The second-order valence-corrected chi connectivity index (χ2v) is 5.17. The van der Waals surface area contributed by atoms with Crippen LogP contribution in [-0.2, 0) is 4.74 Å². The largest absolute Gasteiger partial charge is 0.378 e. The van der Waals surface area contributed by atoms with E-state index in [1.807, 2.05) is 0 Å². The van der Waals surface area contributed by atoms with Crippen LogP contribution in [0.25, 0.3) is 0 Å². The fourth-order valence-electron chi connectivity index (χ4n) is 2.78. The summed E-state index contributed by atoms with van der Waals surface area (Å²) in [5.74, 6) is 0.755. The Morgan fingerprint density at radius 1 is 0.895 bits per heavy atom. The zero-order valence-corrected chi connectivity index (χ0v) is 11.3. The maximum Gasteiger partial charge on any atom is 0.100 e. The molecular formula is C15H21N3O. The molecule has 2 saturated heterocycles. The number of nitrogens with one attached hydrogen (secondary N) is 1. The van der Waals surface area contributed by atoms with Crippen molar-refractivity contribution in [2.24, 2.45) is 0 Å². The quantitative estimate of drug-likeness (QED) is 0.887. The van der Waals surface area contributed by atoms with E-state index in [0.717, 1.165) is 57.2 Å². The first-order valence-electron chi connectivity index (χ1n) is 7.12. The van der Waals surface area contributed by atoms with E-state index in [0.29, 0.717) is 0 Å². The third kappa shape index (κ3) is 2.73. The predicted octanol–water partition coefficient (Wildman–Crippen LogP) is 2.49. The molecule has 0 bridgehead atoms. The molecule has 1 aromatic rings. The Morgan fingerprint density at radius 3 is 2.26 bits per heavy atom. The van der Waals surface area contributed by atoms with Gasteiger partial charge in [-0.1, -0.05) is 0 Å². The molecule has 102 valence electrons. The minimum Gasteiger partial charge on any atom is -0.378 e. The number of hydrogen-bond donors (Lipinski definition) is 1. The van der Waals surface area contributed by atoms with Gasteiger partial charge in [-0.2, -0.15) is 0 Å². The predicted molar refractivity (Wildman–Crippen MR) is 78.4 cm³/mol. The number of ether oxygens (including phenoxy) is 1. The standard InChI is InChI=1S/C15H21N3O/c16-15-3-1-2-8-18(15)14-6-4-13(5-7-14)17-9-11-19-12-10-17/h4-7,16H,1-3,8-12H2. The molecule has 0 spiro atoms. The van der Waals surface area contributed by atoms with Crippen LogP contribution in [0.1, 0.15) is 19.3 Å². The molecule has 1 N–H and O–H groups in total. The van der Waals surface area contributed by atoms with Crippen LogP contribution in [-0.4, -0.2) is 38.7 Å². The van der Waals surface area contributed by atoms with Gasteiger partial charge in [0.25, 0.3) is 0 Å². The second-order valence-electron chi connectivity index (χ2n) is 5.17. The lowest BCUT2D eigenvalue weighted by Crippen LogP contribution is -2.36. The lowest BCUT2D eigenvalue weighted by atomic mass is 10.1. The van der Waals surface area contributed by atoms with E-state index in [9.17, 15) is 0 Å². The smallest absolute Gasteiger partial charge is 0.100 e. The van der Waals surface area contributed by atoms with Crippen LogP contribution in [0, 0.1) is 5.41 Å². The number of amidine groups is 1. The van der Waals surface area contributed by atoms with Gasteiger partial charge in [0.1, 0.15) is 5.84 Å². The number of rotatable bonds is 2. The summed E-state index contributed by atoms with van der Waals surface area (Å²) in [6.45, 7) is 4.56. The summed E-state index contributed by atoms with van der Waals surface area (Å²) in [4.78, 5) is 4.49. The number of anilines is 2. The summed E-state index contributed by atoms with van der Waals surface area (Å²) >= 11 is 0. The maximum atomic E-state index is 8.03. The van der Waals surface area contributed by atoms with Crippen LogP contribution in [0.2, 0.25) is 0 Å². The maximum absolute atomic E-state index is 8.03. The first kappa shape index (κ1) is 12.5. The first-order chi connectivity index (χ1) is 9.34. The molecule has 0 aromatic heterocycles. The van der Waals surface area contributed by atoms with Crippen molar-refractivity contribution in [1.29, 1.82) is 5.41 Å². The van der Waals surface area contributed by atoms with Gasteiger partial charge in [-0.05, 0) is 37.1 Å². The molecule has 4 heteroatoms. The van der Waals surface area contributed by atoms with Gasteiger partial charge in [0, 0.05) is 37.4 Å². The molecule has 3 rings (SSSR count). The minimum atomic E-state index is 0.755. The van der Waals surface area contributed by atoms with E-state index >= 15 is 0 Å². The van der Waals surface area contributed by atoms with Crippen molar-refractivity contribution < 1.29 is 4.74 Å². The SMILES string of the molecule is N=C1CCCCN1c1ccc(N2CCOCC2)cc1. The molecule has 2 fully saturated rings. The molecule has 0 aliphatic carbocycles. The van der Waals surface area contributed by atoms with Crippen molar-refractivity contribution in [2.45, 2.75) is 19.3 Å². The van der Waals surface area contributed by atoms with Gasteiger partial charge in [-0.3, -0.25) is 5.41 Å². The van der Waals surface area contributed by atoms with Gasteiger partial charge in [-0.25, -0.2) is 0 Å². The van der Waals surface area contributed by atoms with Crippen LogP contribution in [0.5, 0.6) is 0 Å². The monoisotopic (exact) mass is 259 g/mol. The number of nitrogens with zero attached hydrogens (tertiary/aromatic N) is 2. The minimum absolute atomic E-state index is 0.755. The van der Waals surface area contributed by atoms with Crippen molar-refractivity contribution in [1.82, 2.24) is 0 Å². The topological polar surface area (TPSA) is 39.6 Å². The summed E-state index contributed by atoms with van der Waals surface area (Å²) in [5.41, 5.74) is 2.41. The molecule has 19 heavy (non-hydrogen) atoms. The highest BCUT2D eigenvalue weighted by Crippen LogP contribution is 2.24. The molecule has 1 aromatic carbocycles. The summed E-state index contributed by atoms with van der Waals surface area (Å²) in [5, 5.41) is 8.03. The Labute approximate surface area is 114 Å². The number of benzene rings is 1. The molecule has 0 saturated carbocycles.